The third-order valence-corrected chi connectivity index (χ3v) is 15.0. The number of amides is 2. The Morgan fingerprint density at radius 2 is 1.68 bits per heavy atom. The van der Waals surface area contributed by atoms with Crippen LogP contribution in [0.25, 0.3) is 10.2 Å². The van der Waals surface area contributed by atoms with E-state index in [0.717, 1.165) is 78.6 Å². The molecular weight excluding hydrogens is 924 g/mol. The molecule has 6 rings (SSSR count). The van der Waals surface area contributed by atoms with E-state index in [4.69, 9.17) is 35.3 Å². The van der Waals surface area contributed by atoms with Crippen LogP contribution in [0.2, 0.25) is 5.02 Å². The topological polar surface area (TPSA) is 188 Å². The third kappa shape index (κ3) is 14.6. The third-order valence-electron chi connectivity index (χ3n) is 13.7. The minimum absolute atomic E-state index is 0.135. The van der Waals surface area contributed by atoms with Crippen molar-refractivity contribution < 1.29 is 57.6 Å². The number of epoxide rings is 1. The lowest BCUT2D eigenvalue weighted by molar-refractivity contribution is -0.157. The van der Waals surface area contributed by atoms with E-state index in [-0.39, 0.29) is 54.1 Å². The van der Waals surface area contributed by atoms with Crippen LogP contribution in [0.5, 0.6) is 5.75 Å². The van der Waals surface area contributed by atoms with E-state index in [2.05, 4.69) is 11.6 Å². The van der Waals surface area contributed by atoms with Crippen molar-refractivity contribution in [2.75, 3.05) is 6.54 Å². The Bertz CT molecular complexity index is 2360. The molecule has 16 heteroatoms. The lowest BCUT2D eigenvalue weighted by atomic mass is 9.71. The summed E-state index contributed by atoms with van der Waals surface area (Å²) in [5.74, 6) is -3.00. The molecule has 3 aromatic rings. The molecule has 2 aromatic carbocycles. The molecule has 2 saturated heterocycles. The van der Waals surface area contributed by atoms with Crippen molar-refractivity contribution in [2.24, 2.45) is 17.3 Å². The number of halogens is 1. The highest BCUT2D eigenvalue weighted by Gasteiger charge is 2.53. The van der Waals surface area contributed by atoms with E-state index < -0.39 is 65.5 Å². The van der Waals surface area contributed by atoms with Crippen LogP contribution >= 0.6 is 22.9 Å². The molecule has 2 amide bonds. The number of carbonyl (C=O) groups is 6. The number of esters is 2. The molecule has 3 aliphatic rings. The second-order valence-corrected chi connectivity index (χ2v) is 21.1. The Hall–Kier alpha value is -4.96. The van der Waals surface area contributed by atoms with Crippen LogP contribution in [-0.2, 0) is 49.5 Å². The number of unbranched alkanes of at least 4 members (excludes halogenated alkanes) is 7. The number of aliphatic hydroxyl groups excluding tert-OH is 1. The van der Waals surface area contributed by atoms with Gasteiger partial charge in [-0.15, -0.1) is 17.9 Å². The maximum atomic E-state index is 14.6. The summed E-state index contributed by atoms with van der Waals surface area (Å²) < 4.78 is 30.4. The Kier molecular flexibility index (Phi) is 18.8. The van der Waals surface area contributed by atoms with E-state index >= 15 is 0 Å². The predicted octanol–water partition coefficient (Wildman–Crippen LogP) is 10.8. The van der Waals surface area contributed by atoms with Gasteiger partial charge in [0.1, 0.15) is 30.3 Å². The van der Waals surface area contributed by atoms with Crippen LogP contribution in [0.4, 0.5) is 4.79 Å². The van der Waals surface area contributed by atoms with Gasteiger partial charge in [0.15, 0.2) is 0 Å². The van der Waals surface area contributed by atoms with Gasteiger partial charge in [0.05, 0.1) is 49.9 Å². The van der Waals surface area contributed by atoms with E-state index in [0.29, 0.717) is 31.4 Å². The highest BCUT2D eigenvalue weighted by Crippen LogP contribution is 2.47. The average molecular weight is 992 g/mol. The number of Topliss-reactive ketones (excluding diaryl/α,β-unsaturated/α-hetero) is 1. The van der Waals surface area contributed by atoms with Gasteiger partial charge in [-0.2, -0.15) is 0 Å². The molecule has 0 saturated carbocycles. The predicted molar refractivity (Wildman–Crippen MR) is 261 cm³/mol. The van der Waals surface area contributed by atoms with E-state index in [1.165, 1.54) is 29.2 Å². The molecule has 0 aliphatic carbocycles. The van der Waals surface area contributed by atoms with Crippen LogP contribution in [0, 0.1) is 24.2 Å². The molecule has 374 valence electrons. The highest BCUT2D eigenvalue weighted by atomic mass is 35.5. The number of thiazole rings is 1. The first kappa shape index (κ1) is 53.4. The van der Waals surface area contributed by atoms with Crippen LogP contribution < -0.4 is 4.74 Å². The number of fused-ring (bicyclic) bond motifs is 2. The van der Waals surface area contributed by atoms with Gasteiger partial charge in [-0.1, -0.05) is 81.7 Å². The van der Waals surface area contributed by atoms with Gasteiger partial charge >= 0.3 is 18.1 Å². The quantitative estimate of drug-likeness (QED) is 0.0317. The Morgan fingerprint density at radius 1 is 0.986 bits per heavy atom. The molecule has 4 heterocycles. The first-order valence-electron chi connectivity index (χ1n) is 24.3. The monoisotopic (exact) mass is 990 g/mol. The summed E-state index contributed by atoms with van der Waals surface area (Å²) in [4.78, 5) is 84.0. The standard InChI is InChI=1S/C53H67ClN2O12S/c1-7-17-37-49(61)33(2)18-16-26-53(6)44(68-53)30-41(36-21-23-42-39(29-36)55-34(3)69-42)66-48(60)31-43(52(4,5)50(37)62)67-51(63)64-32-35-20-22-40(38(54)28-35)65-47(59)19-14-12-10-8-9-11-13-15-27-56-45(57)24-25-46(56)58/h7,20-25,28-29,33,37,41,43-44,49,61H,1,8-19,26-27,30-32H2,2-6H3. The van der Waals surface area contributed by atoms with Crippen molar-refractivity contribution in [3.05, 3.63) is 82.4 Å². The summed E-state index contributed by atoms with van der Waals surface area (Å²) in [5, 5.41) is 12.7. The number of hydrogen-bond acceptors (Lipinski definition) is 14. The molecule has 1 N–H and O–H groups in total. The zero-order chi connectivity index (χ0) is 49.9. The van der Waals surface area contributed by atoms with Crippen LogP contribution in [-0.4, -0.2) is 81.1 Å². The number of ether oxygens (including phenoxy) is 5. The van der Waals surface area contributed by atoms with Gasteiger partial charge < -0.3 is 28.8 Å². The second kappa shape index (κ2) is 24.2. The zero-order valence-corrected chi connectivity index (χ0v) is 42.1. The molecule has 0 bridgehead atoms. The Morgan fingerprint density at radius 3 is 2.38 bits per heavy atom. The smallest absolute Gasteiger partial charge is 0.457 e. The van der Waals surface area contributed by atoms with Gasteiger partial charge in [0.2, 0.25) is 0 Å². The van der Waals surface area contributed by atoms with Gasteiger partial charge in [0.25, 0.3) is 11.8 Å². The number of ketones is 1. The number of aliphatic hydroxyl groups is 1. The number of aromatic nitrogens is 1. The first-order valence-corrected chi connectivity index (χ1v) is 25.5. The SMILES string of the molecule is C=CCC1C(=O)C(C)(C)C(OC(=O)OCc2ccc(OC(=O)CCCCCCCCCCN3C(=O)C=CC3=O)c(Cl)c2)CC(=O)OC(c2ccc3sc(C)nc3c2)CC2OC2(C)CCCC(C)C1O. The number of nitrogens with zero attached hydrogens (tertiary/aromatic N) is 2. The number of allylic oxidation sites excluding steroid dienone is 1. The van der Waals surface area contributed by atoms with Crippen molar-refractivity contribution in [1.82, 2.24) is 9.88 Å². The second-order valence-electron chi connectivity index (χ2n) is 19.5. The Balaban J connectivity index is 1.04. The number of cyclic esters (lactones) is 1. The zero-order valence-electron chi connectivity index (χ0n) is 40.5. The number of imide groups is 1. The number of hydrogen-bond donors (Lipinski definition) is 1. The maximum absolute atomic E-state index is 14.6. The van der Waals surface area contributed by atoms with E-state index in [9.17, 15) is 33.9 Å². The summed E-state index contributed by atoms with van der Waals surface area (Å²) in [6.07, 6.45) is 9.41. The molecule has 2 fully saturated rings. The van der Waals surface area contributed by atoms with Crippen molar-refractivity contribution in [3.8, 4) is 5.75 Å². The summed E-state index contributed by atoms with van der Waals surface area (Å²) in [7, 11) is 0. The largest absolute Gasteiger partial charge is 0.508 e. The van der Waals surface area contributed by atoms with Crippen molar-refractivity contribution >= 4 is 68.8 Å². The molecule has 0 spiro atoms. The fourth-order valence-corrected chi connectivity index (χ4v) is 10.4. The summed E-state index contributed by atoms with van der Waals surface area (Å²) >= 11 is 8.07. The van der Waals surface area contributed by atoms with Crippen LogP contribution in [0.3, 0.4) is 0 Å². The molecule has 3 aliphatic heterocycles. The summed E-state index contributed by atoms with van der Waals surface area (Å²) in [6.45, 7) is 13.1. The van der Waals surface area contributed by atoms with Crippen molar-refractivity contribution in [3.63, 3.8) is 0 Å². The first-order chi connectivity index (χ1) is 32.9. The molecular formula is C53H67ClN2O12S. The number of benzene rings is 2. The highest BCUT2D eigenvalue weighted by molar-refractivity contribution is 7.18. The minimum atomic E-state index is -1.50. The van der Waals surface area contributed by atoms with Gasteiger partial charge in [0, 0.05) is 37.5 Å². The number of carbonyl (C=O) groups excluding carboxylic acids is 6. The minimum Gasteiger partial charge on any atom is -0.457 e. The fraction of sp³-hybridized carbons (Fsp3) is 0.566. The molecule has 69 heavy (non-hydrogen) atoms. The lowest BCUT2D eigenvalue weighted by Gasteiger charge is -2.37. The average Bonchev–Trinajstić information content (AvgIpc) is 3.58. The van der Waals surface area contributed by atoms with Crippen molar-refractivity contribution in [2.45, 2.75) is 168 Å². The van der Waals surface area contributed by atoms with Crippen molar-refractivity contribution in [1.29, 1.82) is 0 Å². The number of rotatable bonds is 18. The molecule has 14 nitrogen and oxygen atoms in total. The van der Waals surface area contributed by atoms with Gasteiger partial charge in [-0.05, 0) is 101 Å². The Labute approximate surface area is 414 Å². The maximum Gasteiger partial charge on any atom is 0.508 e. The normalized spacial score (nSPS) is 25.3. The van der Waals surface area contributed by atoms with Gasteiger partial charge in [-0.25, -0.2) is 9.78 Å². The number of aryl methyl sites for hydroxylation is 1. The van der Waals surface area contributed by atoms with Gasteiger partial charge in [-0.3, -0.25) is 28.9 Å². The molecule has 0 radical (unpaired) electrons. The lowest BCUT2D eigenvalue weighted by Crippen LogP contribution is -2.48. The molecule has 1 aromatic heterocycles. The van der Waals surface area contributed by atoms with E-state index in [1.54, 1.807) is 37.3 Å². The van der Waals surface area contributed by atoms with Crippen LogP contribution in [0.1, 0.15) is 146 Å². The van der Waals surface area contributed by atoms with E-state index in [1.807, 2.05) is 39.0 Å². The summed E-state index contributed by atoms with van der Waals surface area (Å²) in [6, 6.07) is 10.4. The molecule has 7 unspecified atom stereocenters. The molecule has 7 atom stereocenters. The fourth-order valence-electron chi connectivity index (χ4n) is 9.31. The summed E-state index contributed by atoms with van der Waals surface area (Å²) in [5.41, 5.74) is 0.0594. The van der Waals surface area contributed by atoms with Crippen LogP contribution in [0.15, 0.2) is 61.2 Å².